The summed E-state index contributed by atoms with van der Waals surface area (Å²) in [6, 6.07) is 0. The average molecular weight is 329 g/mol. The fourth-order valence-corrected chi connectivity index (χ4v) is 4.05. The number of hydrogen-bond donors (Lipinski definition) is 1. The lowest BCUT2D eigenvalue weighted by Gasteiger charge is -2.30. The molecule has 1 unspecified atom stereocenters. The zero-order valence-electron chi connectivity index (χ0n) is 14.1. The molecule has 0 amide bonds. The van der Waals surface area contributed by atoms with Gasteiger partial charge in [0.2, 0.25) is 0 Å². The van der Waals surface area contributed by atoms with Crippen LogP contribution in [0, 0.1) is 11.8 Å². The summed E-state index contributed by atoms with van der Waals surface area (Å²) in [6.07, 6.45) is 11.2. The van der Waals surface area contributed by atoms with Crippen molar-refractivity contribution in [3.63, 3.8) is 0 Å². The van der Waals surface area contributed by atoms with Crippen molar-refractivity contribution in [1.29, 1.82) is 0 Å². The first-order valence-electron chi connectivity index (χ1n) is 9.09. The Labute approximate surface area is 140 Å². The number of thiol groups is 1. The van der Waals surface area contributed by atoms with Crippen LogP contribution < -0.4 is 0 Å². The monoisotopic (exact) mass is 328 g/mol. The minimum atomic E-state index is 0.00441. The van der Waals surface area contributed by atoms with E-state index in [1.165, 1.54) is 19.3 Å². The lowest BCUT2D eigenvalue weighted by atomic mass is 9.85. The van der Waals surface area contributed by atoms with Crippen LogP contribution in [0.2, 0.25) is 0 Å². The zero-order valence-corrected chi connectivity index (χ0v) is 15.0. The molecule has 4 heteroatoms. The highest BCUT2D eigenvalue weighted by molar-refractivity contribution is 7.80. The van der Waals surface area contributed by atoms with Crippen LogP contribution in [0.1, 0.15) is 78.1 Å². The van der Waals surface area contributed by atoms with Crippen LogP contribution in [0.25, 0.3) is 0 Å². The molecule has 3 nitrogen and oxygen atoms in total. The summed E-state index contributed by atoms with van der Waals surface area (Å²) in [5, 5.41) is 0. The van der Waals surface area contributed by atoms with Crippen LogP contribution in [-0.2, 0) is 14.3 Å². The van der Waals surface area contributed by atoms with Gasteiger partial charge >= 0.3 is 5.97 Å². The molecule has 0 spiro atoms. The second-order valence-corrected chi connectivity index (χ2v) is 7.85. The van der Waals surface area contributed by atoms with Crippen molar-refractivity contribution in [2.75, 3.05) is 0 Å². The van der Waals surface area contributed by atoms with E-state index in [9.17, 15) is 4.79 Å². The van der Waals surface area contributed by atoms with Crippen molar-refractivity contribution in [2.24, 2.45) is 11.8 Å². The smallest absolute Gasteiger partial charge is 0.306 e. The van der Waals surface area contributed by atoms with Crippen LogP contribution in [-0.4, -0.2) is 23.6 Å². The SMILES string of the molecule is CCC1CCC(OC(=O)CC2CCC(OC(C)S)CC2)CC1. The topological polar surface area (TPSA) is 35.5 Å². The maximum atomic E-state index is 12.1. The molecule has 0 bridgehead atoms. The van der Waals surface area contributed by atoms with E-state index in [2.05, 4.69) is 19.6 Å². The molecule has 22 heavy (non-hydrogen) atoms. The molecule has 0 aliphatic heterocycles. The van der Waals surface area contributed by atoms with Crippen molar-refractivity contribution < 1.29 is 14.3 Å². The summed E-state index contributed by atoms with van der Waals surface area (Å²) in [7, 11) is 0. The van der Waals surface area contributed by atoms with Gasteiger partial charge in [-0.15, -0.1) is 12.6 Å². The van der Waals surface area contributed by atoms with Gasteiger partial charge in [0.05, 0.1) is 11.5 Å². The highest BCUT2D eigenvalue weighted by atomic mass is 32.1. The molecule has 0 aromatic heterocycles. The Bertz CT molecular complexity index is 329. The van der Waals surface area contributed by atoms with Gasteiger partial charge < -0.3 is 9.47 Å². The third-order valence-electron chi connectivity index (χ3n) is 5.31. The molecular weight excluding hydrogens is 296 g/mol. The van der Waals surface area contributed by atoms with Crippen molar-refractivity contribution in [3.05, 3.63) is 0 Å². The number of rotatable bonds is 6. The molecule has 2 saturated carbocycles. The Morgan fingerprint density at radius 2 is 1.55 bits per heavy atom. The number of hydrogen-bond acceptors (Lipinski definition) is 4. The average Bonchev–Trinajstić information content (AvgIpc) is 2.49. The lowest BCUT2D eigenvalue weighted by molar-refractivity contribution is -0.152. The van der Waals surface area contributed by atoms with Crippen LogP contribution in [0.3, 0.4) is 0 Å². The summed E-state index contributed by atoms with van der Waals surface area (Å²) >= 11 is 4.28. The highest BCUT2D eigenvalue weighted by Gasteiger charge is 2.27. The third-order valence-corrected chi connectivity index (χ3v) is 5.43. The second-order valence-electron chi connectivity index (χ2n) is 7.12. The van der Waals surface area contributed by atoms with Gasteiger partial charge in [-0.25, -0.2) is 0 Å². The van der Waals surface area contributed by atoms with Crippen LogP contribution in [0.15, 0.2) is 0 Å². The van der Waals surface area contributed by atoms with Crippen LogP contribution in [0.4, 0.5) is 0 Å². The van der Waals surface area contributed by atoms with Crippen molar-refractivity contribution in [3.8, 4) is 0 Å². The molecule has 2 rings (SSSR count). The maximum Gasteiger partial charge on any atom is 0.306 e. The number of ether oxygens (including phenoxy) is 2. The molecule has 2 aliphatic carbocycles. The quantitative estimate of drug-likeness (QED) is 0.434. The van der Waals surface area contributed by atoms with Gasteiger partial charge in [-0.3, -0.25) is 4.79 Å². The standard InChI is InChI=1S/C18H32O3S/c1-3-14-4-8-17(9-5-14)21-18(19)12-15-6-10-16(11-7-15)20-13(2)22/h13-17,22H,3-12H2,1-2H3. The maximum absolute atomic E-state index is 12.1. The molecule has 1 atom stereocenters. The minimum Gasteiger partial charge on any atom is -0.462 e. The molecule has 0 N–H and O–H groups in total. The molecule has 0 aromatic carbocycles. The predicted octanol–water partition coefficient (Wildman–Crippen LogP) is 4.74. The second kappa shape index (κ2) is 9.17. The number of esters is 1. The Hall–Kier alpha value is -0.220. The molecule has 0 heterocycles. The Balaban J connectivity index is 1.62. The van der Waals surface area contributed by atoms with E-state index in [0.717, 1.165) is 44.4 Å². The van der Waals surface area contributed by atoms with Crippen molar-refractivity contribution >= 4 is 18.6 Å². The first-order valence-corrected chi connectivity index (χ1v) is 9.61. The fraction of sp³-hybridized carbons (Fsp3) is 0.944. The molecule has 0 saturated heterocycles. The third kappa shape index (κ3) is 6.11. The van der Waals surface area contributed by atoms with E-state index in [0.29, 0.717) is 18.4 Å². The molecule has 2 aliphatic rings. The van der Waals surface area contributed by atoms with Gasteiger partial charge in [-0.05, 0) is 70.1 Å². The molecule has 2 fully saturated rings. The Morgan fingerprint density at radius 1 is 1.00 bits per heavy atom. The van der Waals surface area contributed by atoms with E-state index in [1.807, 2.05) is 6.92 Å². The number of carbonyl (C=O) groups is 1. The first kappa shape index (κ1) is 18.1. The minimum absolute atomic E-state index is 0.00441. The summed E-state index contributed by atoms with van der Waals surface area (Å²) in [4.78, 5) is 12.1. The van der Waals surface area contributed by atoms with E-state index in [1.54, 1.807) is 0 Å². The van der Waals surface area contributed by atoms with E-state index in [4.69, 9.17) is 9.47 Å². The molecular formula is C18H32O3S. The molecule has 128 valence electrons. The summed E-state index contributed by atoms with van der Waals surface area (Å²) in [6.45, 7) is 4.21. The van der Waals surface area contributed by atoms with Crippen LogP contribution in [0.5, 0.6) is 0 Å². The fourth-order valence-electron chi connectivity index (χ4n) is 3.88. The summed E-state index contributed by atoms with van der Waals surface area (Å²) in [5.41, 5.74) is 0.00441. The van der Waals surface area contributed by atoms with Gasteiger partial charge in [0.25, 0.3) is 0 Å². The van der Waals surface area contributed by atoms with Crippen molar-refractivity contribution in [1.82, 2.24) is 0 Å². The Kier molecular flexibility index (Phi) is 7.55. The van der Waals surface area contributed by atoms with Gasteiger partial charge in [0, 0.05) is 6.42 Å². The van der Waals surface area contributed by atoms with Gasteiger partial charge in [-0.2, -0.15) is 0 Å². The Morgan fingerprint density at radius 3 is 2.09 bits per heavy atom. The van der Waals surface area contributed by atoms with Crippen molar-refractivity contribution in [2.45, 2.75) is 95.7 Å². The number of carbonyl (C=O) groups excluding carboxylic acids is 1. The van der Waals surface area contributed by atoms with Gasteiger partial charge in [0.15, 0.2) is 0 Å². The van der Waals surface area contributed by atoms with E-state index >= 15 is 0 Å². The normalized spacial score (nSPS) is 34.1. The largest absolute Gasteiger partial charge is 0.462 e. The predicted molar refractivity (Wildman–Crippen MR) is 92.0 cm³/mol. The molecule has 0 radical (unpaired) electrons. The lowest BCUT2D eigenvalue weighted by Crippen LogP contribution is -2.28. The van der Waals surface area contributed by atoms with E-state index in [-0.39, 0.29) is 17.5 Å². The van der Waals surface area contributed by atoms with Gasteiger partial charge in [-0.1, -0.05) is 13.3 Å². The zero-order chi connectivity index (χ0) is 15.9. The highest BCUT2D eigenvalue weighted by Crippen LogP contribution is 2.31. The molecule has 0 aromatic rings. The summed E-state index contributed by atoms with van der Waals surface area (Å²) in [5.74, 6) is 1.35. The van der Waals surface area contributed by atoms with E-state index < -0.39 is 0 Å². The van der Waals surface area contributed by atoms with Crippen LogP contribution >= 0.6 is 12.6 Å². The van der Waals surface area contributed by atoms with Gasteiger partial charge in [0.1, 0.15) is 6.10 Å². The first-order chi connectivity index (χ1) is 10.6. The summed E-state index contributed by atoms with van der Waals surface area (Å²) < 4.78 is 11.4.